The second kappa shape index (κ2) is 12.7. The maximum absolute atomic E-state index is 4.70. The Hall–Kier alpha value is 1.25. The summed E-state index contributed by atoms with van der Waals surface area (Å²) in [5.74, 6) is 0.728. The first-order valence-corrected chi connectivity index (χ1v) is 13.9. The standard InChI is InChI=1S/C17H35N5.2BrH.Ni/c1-14-9-16(3)21(11-14)12-19(5)7-8-20(6)13-22-17(4)10-15(2)18-22;;;/h11,14-17H,7-10,12-13H2,1-6H3;2*1H;/q-2;;;+2/p-2. The van der Waals surface area contributed by atoms with E-state index in [4.69, 9.17) is 5.43 Å². The van der Waals surface area contributed by atoms with Crippen molar-refractivity contribution in [3.63, 3.8) is 0 Å². The fourth-order valence-corrected chi connectivity index (χ4v) is 3.61. The van der Waals surface area contributed by atoms with Crippen LogP contribution >= 0.6 is 28.5 Å². The van der Waals surface area contributed by atoms with E-state index >= 15 is 0 Å². The van der Waals surface area contributed by atoms with Crippen LogP contribution < -0.4 is 0 Å². The summed E-state index contributed by atoms with van der Waals surface area (Å²) in [5.41, 5.74) is 4.70. The van der Waals surface area contributed by atoms with E-state index in [0.717, 1.165) is 32.3 Å². The van der Waals surface area contributed by atoms with E-state index in [0.29, 0.717) is 18.1 Å². The molecule has 0 spiro atoms. The van der Waals surface area contributed by atoms with Crippen molar-refractivity contribution >= 4 is 28.5 Å². The van der Waals surface area contributed by atoms with Crippen LogP contribution in [0.3, 0.4) is 0 Å². The van der Waals surface area contributed by atoms with Gasteiger partial charge in [0.15, 0.2) is 0 Å². The van der Waals surface area contributed by atoms with Crippen molar-refractivity contribution in [2.24, 2.45) is 5.92 Å². The number of hydrogen-bond donors (Lipinski definition) is 0. The second-order valence-corrected chi connectivity index (χ2v) is 12.7. The number of likely N-dealkylation sites (tertiary alicyclic amines) is 1. The quantitative estimate of drug-likeness (QED) is 0.368. The molecule has 0 amide bonds. The third kappa shape index (κ3) is 9.33. The first kappa shape index (κ1) is 24.3. The summed E-state index contributed by atoms with van der Waals surface area (Å²) in [7, 11) is 5.67. The summed E-state index contributed by atoms with van der Waals surface area (Å²) in [5, 5.41) is 2.25. The van der Waals surface area contributed by atoms with E-state index in [-0.39, 0.29) is 0 Å². The Morgan fingerprint density at radius 3 is 2.00 bits per heavy atom. The first-order chi connectivity index (χ1) is 11.8. The Morgan fingerprint density at radius 2 is 1.56 bits per heavy atom. The van der Waals surface area contributed by atoms with Crippen LogP contribution in [0.5, 0.6) is 0 Å². The predicted molar refractivity (Wildman–Crippen MR) is 111 cm³/mol. The van der Waals surface area contributed by atoms with Gasteiger partial charge in [0, 0.05) is 26.4 Å². The van der Waals surface area contributed by atoms with Crippen LogP contribution in [0.1, 0.15) is 40.5 Å². The van der Waals surface area contributed by atoms with Crippen molar-refractivity contribution in [3.05, 3.63) is 12.0 Å². The minimum atomic E-state index is 0.486. The topological polar surface area (TPSA) is 27.1 Å². The Kier molecular flexibility index (Phi) is 12.3. The van der Waals surface area contributed by atoms with Crippen LogP contribution in [-0.4, -0.2) is 78.4 Å². The molecule has 2 aliphatic heterocycles. The zero-order valence-corrected chi connectivity index (χ0v) is 20.6. The molecular weight excluding hydrogens is 493 g/mol. The molecule has 2 heterocycles. The molecule has 2 rings (SSSR count). The summed E-state index contributed by atoms with van der Waals surface area (Å²) < 4.78 is 0. The molecule has 25 heavy (non-hydrogen) atoms. The molecule has 0 N–H and O–H groups in total. The molecule has 4 unspecified atom stereocenters. The summed E-state index contributed by atoms with van der Waals surface area (Å²) in [6, 6.07) is 1.75. The Labute approximate surface area is 175 Å². The SMILES string of the molecule is CC1[CH-]N(CN(C)CCN(C)CN2[N-]C(C)CC2C)C(C)C1.[Br][Ni][Br]. The first-order valence-electron chi connectivity index (χ1n) is 9.04. The minimum absolute atomic E-state index is 0.486. The monoisotopic (exact) mass is 525 g/mol. The number of hydrogen-bond acceptors (Lipinski definition) is 4. The fourth-order valence-electron chi connectivity index (χ4n) is 3.61. The predicted octanol–water partition coefficient (Wildman–Crippen LogP) is 4.12. The van der Waals surface area contributed by atoms with Gasteiger partial charge >= 0.3 is 39.3 Å². The van der Waals surface area contributed by atoms with E-state index in [1.807, 2.05) is 0 Å². The van der Waals surface area contributed by atoms with E-state index in [1.165, 1.54) is 23.7 Å². The average molecular weight is 528 g/mol. The van der Waals surface area contributed by atoms with Gasteiger partial charge in [0.2, 0.25) is 0 Å². The van der Waals surface area contributed by atoms with Crippen molar-refractivity contribution in [2.75, 3.05) is 40.5 Å². The van der Waals surface area contributed by atoms with Gasteiger partial charge in [0.25, 0.3) is 0 Å². The zero-order valence-electron chi connectivity index (χ0n) is 16.4. The van der Waals surface area contributed by atoms with Gasteiger partial charge in [-0.05, 0) is 26.2 Å². The van der Waals surface area contributed by atoms with E-state index < -0.39 is 0 Å². The van der Waals surface area contributed by atoms with Gasteiger partial charge in [-0.15, -0.1) is 6.04 Å². The molecule has 0 aromatic heterocycles. The summed E-state index contributed by atoms with van der Waals surface area (Å²) in [6.07, 6.45) is 2.48. The third-order valence-electron chi connectivity index (χ3n) is 4.92. The van der Waals surface area contributed by atoms with Crippen LogP contribution in [0.4, 0.5) is 0 Å². The van der Waals surface area contributed by atoms with Gasteiger partial charge in [-0.3, -0.25) is 16.3 Å². The molecule has 2 fully saturated rings. The van der Waals surface area contributed by atoms with Gasteiger partial charge in [-0.25, -0.2) is 0 Å². The van der Waals surface area contributed by atoms with Gasteiger partial charge < -0.3 is 15.3 Å². The molecule has 0 saturated carbocycles. The van der Waals surface area contributed by atoms with Crippen LogP contribution in [0, 0.1) is 12.5 Å². The number of halogens is 2. The summed E-state index contributed by atoms with van der Waals surface area (Å²) >= 11 is 6.00. The molecule has 0 aromatic rings. The van der Waals surface area contributed by atoms with Gasteiger partial charge in [-0.2, -0.15) is 5.92 Å². The molecule has 0 radical (unpaired) electrons. The molecule has 4 atom stereocenters. The van der Waals surface area contributed by atoms with Gasteiger partial charge in [-0.1, -0.05) is 40.5 Å². The number of nitrogens with zero attached hydrogens (tertiary/aromatic N) is 5. The van der Waals surface area contributed by atoms with E-state index in [1.54, 1.807) is 0 Å². The molecule has 154 valence electrons. The van der Waals surface area contributed by atoms with Crippen LogP contribution in [0.2, 0.25) is 0 Å². The average Bonchev–Trinajstić information content (AvgIpc) is 2.99. The third-order valence-corrected chi connectivity index (χ3v) is 4.92. The van der Waals surface area contributed by atoms with Gasteiger partial charge in [0.1, 0.15) is 0 Å². The number of likely N-dealkylation sites (N-methyl/N-ethyl adjacent to an activating group) is 2. The van der Waals surface area contributed by atoms with E-state index in [2.05, 4.69) is 96.5 Å². The molecular formula is C17H35Br2N5Ni-2. The van der Waals surface area contributed by atoms with Crippen LogP contribution in [-0.2, 0) is 10.9 Å². The van der Waals surface area contributed by atoms with Crippen molar-refractivity contribution < 1.29 is 10.9 Å². The Bertz CT molecular complexity index is 334. The van der Waals surface area contributed by atoms with Crippen LogP contribution in [0.15, 0.2) is 0 Å². The normalized spacial score (nSPS) is 31.1. The Morgan fingerprint density at radius 1 is 1.00 bits per heavy atom. The fraction of sp³-hybridized carbons (Fsp3) is 0.941. The molecule has 5 nitrogen and oxygen atoms in total. The molecule has 8 heteroatoms. The summed E-state index contributed by atoms with van der Waals surface area (Å²) in [4.78, 5) is 7.30. The van der Waals surface area contributed by atoms with Crippen molar-refractivity contribution in [2.45, 2.75) is 58.7 Å². The second-order valence-electron chi connectivity index (χ2n) is 7.70. The Balaban J connectivity index is 0.000000970. The molecule has 0 aromatic carbocycles. The van der Waals surface area contributed by atoms with Crippen molar-refractivity contribution in [1.82, 2.24) is 19.7 Å². The van der Waals surface area contributed by atoms with Gasteiger partial charge in [0.05, 0.1) is 0 Å². The molecule has 0 bridgehead atoms. The number of rotatable bonds is 7. The molecule has 2 saturated heterocycles. The van der Waals surface area contributed by atoms with Crippen molar-refractivity contribution in [1.29, 1.82) is 0 Å². The molecule has 0 aliphatic carbocycles. The van der Waals surface area contributed by atoms with Crippen LogP contribution in [0.25, 0.3) is 5.43 Å². The maximum atomic E-state index is 4.70. The van der Waals surface area contributed by atoms with E-state index in [9.17, 15) is 0 Å². The van der Waals surface area contributed by atoms with Crippen molar-refractivity contribution in [3.8, 4) is 0 Å². The molecule has 2 aliphatic rings. The summed E-state index contributed by atoms with van der Waals surface area (Å²) in [6.45, 7) is 15.7. The zero-order chi connectivity index (χ0) is 19.0.